The number of rotatable bonds is 5. The molecule has 0 spiro atoms. The van der Waals surface area contributed by atoms with Crippen LogP contribution in [0.3, 0.4) is 0 Å². The highest BCUT2D eigenvalue weighted by molar-refractivity contribution is 6.43. The summed E-state index contributed by atoms with van der Waals surface area (Å²) in [6.07, 6.45) is -6.98. The summed E-state index contributed by atoms with van der Waals surface area (Å²) in [5, 5.41) is -0.0169. The van der Waals surface area contributed by atoms with E-state index in [4.69, 9.17) is 42.1 Å². The molecule has 1 fully saturated rings. The van der Waals surface area contributed by atoms with Crippen molar-refractivity contribution in [1.82, 2.24) is 4.90 Å². The maximum atomic E-state index is 15.3. The first-order valence-electron chi connectivity index (χ1n) is 9.56. The van der Waals surface area contributed by atoms with Crippen molar-refractivity contribution in [3.63, 3.8) is 0 Å². The van der Waals surface area contributed by atoms with Gasteiger partial charge in [-0.1, -0.05) is 23.2 Å². The number of carbonyl (C=O) groups is 5. The normalized spacial score (nSPS) is 26.6. The first-order valence-corrected chi connectivity index (χ1v) is 10.3. The second-order valence-electron chi connectivity index (χ2n) is 7.26. The zero-order valence-electron chi connectivity index (χ0n) is 17.5. The van der Waals surface area contributed by atoms with Gasteiger partial charge in [0.05, 0.1) is 21.2 Å². The fraction of sp³-hybridized carbons (Fsp3) is 0.450. The standard InChI is InChI=1S/C20H18Cl2FNO9/c1-7(25)30-6-14-16(31-8(2)26)17(32-9(3)27)15(18(23)33-14)24-19(28)10-4-12(21)13(22)5-11(10)20(24)29/h4-5,14-18H,6H2,1-3H3/t14-,15-,16-,17-,18-/m1/s1. The lowest BCUT2D eigenvalue weighted by molar-refractivity contribution is -0.253. The molecule has 13 heteroatoms. The molecule has 1 aromatic carbocycles. The maximum absolute atomic E-state index is 15.3. The molecule has 2 heterocycles. The number of ether oxygens (including phenoxy) is 4. The molecule has 33 heavy (non-hydrogen) atoms. The van der Waals surface area contributed by atoms with Crippen LogP contribution < -0.4 is 0 Å². The molecule has 0 aromatic heterocycles. The molecule has 0 unspecified atom stereocenters. The Bertz CT molecular complexity index is 992. The lowest BCUT2D eigenvalue weighted by atomic mass is 9.95. The monoisotopic (exact) mass is 505 g/mol. The number of esters is 3. The summed E-state index contributed by atoms with van der Waals surface area (Å²) in [5.41, 5.74) is -0.288. The molecule has 3 rings (SSSR count). The SMILES string of the molecule is CC(=O)OC[C@H]1O[C@@H](F)[C@H](N2C(=O)c3cc(Cl)c(Cl)cc3C2=O)[C@@H](OC(C)=O)[C@@H]1OC(C)=O. The van der Waals surface area contributed by atoms with Gasteiger partial charge < -0.3 is 18.9 Å². The number of hydrogen-bond acceptors (Lipinski definition) is 9. The van der Waals surface area contributed by atoms with Gasteiger partial charge in [-0.15, -0.1) is 0 Å². The second-order valence-corrected chi connectivity index (χ2v) is 8.07. The molecule has 1 aromatic rings. The Morgan fingerprint density at radius 1 is 0.939 bits per heavy atom. The van der Waals surface area contributed by atoms with Crippen molar-refractivity contribution in [3.05, 3.63) is 33.3 Å². The van der Waals surface area contributed by atoms with E-state index in [2.05, 4.69) is 0 Å². The van der Waals surface area contributed by atoms with Crippen molar-refractivity contribution in [2.24, 2.45) is 0 Å². The molecule has 10 nitrogen and oxygen atoms in total. The fourth-order valence-corrected chi connectivity index (χ4v) is 3.99. The lowest BCUT2D eigenvalue weighted by Crippen LogP contribution is -2.66. The summed E-state index contributed by atoms with van der Waals surface area (Å²) in [6, 6.07) is 0.478. The smallest absolute Gasteiger partial charge is 0.303 e. The predicted octanol–water partition coefficient (Wildman–Crippen LogP) is 2.08. The van der Waals surface area contributed by atoms with Crippen molar-refractivity contribution in [1.29, 1.82) is 0 Å². The molecule has 178 valence electrons. The Kier molecular flexibility index (Phi) is 7.25. The van der Waals surface area contributed by atoms with Gasteiger partial charge in [-0.25, -0.2) is 4.39 Å². The van der Waals surface area contributed by atoms with E-state index in [9.17, 15) is 24.0 Å². The first-order chi connectivity index (χ1) is 15.4. The minimum absolute atomic E-state index is 0.00844. The van der Waals surface area contributed by atoms with Gasteiger partial charge in [0.15, 0.2) is 12.2 Å². The lowest BCUT2D eigenvalue weighted by Gasteiger charge is -2.44. The van der Waals surface area contributed by atoms with E-state index >= 15 is 4.39 Å². The Balaban J connectivity index is 2.04. The van der Waals surface area contributed by atoms with E-state index in [1.807, 2.05) is 0 Å². The molecule has 2 amide bonds. The second kappa shape index (κ2) is 9.62. The highest BCUT2D eigenvalue weighted by atomic mass is 35.5. The van der Waals surface area contributed by atoms with Crippen LogP contribution in [0.15, 0.2) is 12.1 Å². The summed E-state index contributed by atoms with van der Waals surface area (Å²) in [6.45, 7) is 2.59. The van der Waals surface area contributed by atoms with Crippen LogP contribution in [0.2, 0.25) is 10.0 Å². The van der Waals surface area contributed by atoms with Crippen LogP contribution in [0.5, 0.6) is 0 Å². The fourth-order valence-electron chi connectivity index (χ4n) is 3.66. The van der Waals surface area contributed by atoms with Crippen LogP contribution in [0, 0.1) is 0 Å². The van der Waals surface area contributed by atoms with E-state index in [-0.39, 0.29) is 21.2 Å². The number of halogens is 3. The number of benzene rings is 1. The molecule has 0 N–H and O–H groups in total. The van der Waals surface area contributed by atoms with Crippen molar-refractivity contribution >= 4 is 52.9 Å². The molecule has 0 aliphatic carbocycles. The topological polar surface area (TPSA) is 126 Å². The maximum Gasteiger partial charge on any atom is 0.303 e. The van der Waals surface area contributed by atoms with Crippen LogP contribution in [0.4, 0.5) is 4.39 Å². The number of amides is 2. The first kappa shape index (κ1) is 24.9. The van der Waals surface area contributed by atoms with Gasteiger partial charge >= 0.3 is 17.9 Å². The van der Waals surface area contributed by atoms with E-state index in [1.165, 1.54) is 0 Å². The molecule has 0 radical (unpaired) electrons. The number of hydrogen-bond donors (Lipinski definition) is 0. The van der Waals surface area contributed by atoms with E-state index in [1.54, 1.807) is 0 Å². The van der Waals surface area contributed by atoms with E-state index in [0.29, 0.717) is 4.90 Å². The third kappa shape index (κ3) is 4.94. The molecular formula is C20H18Cl2FNO9. The van der Waals surface area contributed by atoms with Gasteiger partial charge in [0.1, 0.15) is 18.8 Å². The van der Waals surface area contributed by atoms with Crippen LogP contribution in [0.25, 0.3) is 0 Å². The summed E-state index contributed by atoms with van der Waals surface area (Å²) in [5.74, 6) is -4.38. The van der Waals surface area contributed by atoms with Gasteiger partial charge in [-0.2, -0.15) is 0 Å². The van der Waals surface area contributed by atoms with E-state index < -0.39 is 67.0 Å². The van der Waals surface area contributed by atoms with Crippen molar-refractivity contribution in [2.75, 3.05) is 6.61 Å². The van der Waals surface area contributed by atoms with E-state index in [0.717, 1.165) is 32.9 Å². The quantitative estimate of drug-likeness (QED) is 0.335. The molecule has 0 bridgehead atoms. The number of alkyl halides is 1. The van der Waals surface area contributed by atoms with Gasteiger partial charge in [-0.3, -0.25) is 28.9 Å². The van der Waals surface area contributed by atoms with Crippen molar-refractivity contribution < 1.29 is 47.3 Å². The molecule has 2 aliphatic rings. The minimum Gasteiger partial charge on any atom is -0.463 e. The third-order valence-corrected chi connectivity index (χ3v) is 5.63. The third-order valence-electron chi connectivity index (χ3n) is 4.91. The summed E-state index contributed by atoms with van der Waals surface area (Å²) >= 11 is 11.9. The Labute approximate surface area is 196 Å². The number of carbonyl (C=O) groups excluding carboxylic acids is 5. The summed E-state index contributed by atoms with van der Waals surface area (Å²) in [4.78, 5) is 61.3. The zero-order valence-corrected chi connectivity index (χ0v) is 19.0. The van der Waals surface area contributed by atoms with Gasteiger partial charge in [0.25, 0.3) is 11.8 Å². The number of imide groups is 1. The Hall–Kier alpha value is -2.76. The molecule has 0 saturated carbocycles. The summed E-state index contributed by atoms with van der Waals surface area (Å²) in [7, 11) is 0. The van der Waals surface area contributed by atoms with Crippen LogP contribution in [-0.4, -0.2) is 71.9 Å². The highest BCUT2D eigenvalue weighted by Gasteiger charge is 2.57. The average Bonchev–Trinajstić information content (AvgIpc) is 2.93. The van der Waals surface area contributed by atoms with Crippen molar-refractivity contribution in [2.45, 2.75) is 51.5 Å². The predicted molar refractivity (Wildman–Crippen MR) is 108 cm³/mol. The summed E-state index contributed by atoms with van der Waals surface area (Å²) < 4.78 is 35.8. The van der Waals surface area contributed by atoms with Crippen LogP contribution in [0.1, 0.15) is 41.5 Å². The molecule has 1 saturated heterocycles. The van der Waals surface area contributed by atoms with Crippen molar-refractivity contribution in [3.8, 4) is 0 Å². The van der Waals surface area contributed by atoms with Gasteiger partial charge in [0.2, 0.25) is 6.36 Å². The number of nitrogens with zero attached hydrogens (tertiary/aromatic N) is 1. The Morgan fingerprint density at radius 3 is 1.88 bits per heavy atom. The molecule has 2 aliphatic heterocycles. The minimum atomic E-state index is -2.39. The van der Waals surface area contributed by atoms with Crippen LogP contribution >= 0.6 is 23.2 Å². The molecule has 5 atom stereocenters. The largest absolute Gasteiger partial charge is 0.463 e. The highest BCUT2D eigenvalue weighted by Crippen LogP contribution is 2.37. The Morgan fingerprint density at radius 2 is 1.42 bits per heavy atom. The zero-order chi connectivity index (χ0) is 24.6. The van der Waals surface area contributed by atoms with Crippen LogP contribution in [-0.2, 0) is 33.3 Å². The molecular weight excluding hydrogens is 488 g/mol. The average molecular weight is 506 g/mol. The number of fused-ring (bicyclic) bond motifs is 1. The van der Waals surface area contributed by atoms with Gasteiger partial charge in [0, 0.05) is 20.8 Å². The van der Waals surface area contributed by atoms with Gasteiger partial charge in [-0.05, 0) is 12.1 Å².